The molecule has 21 heavy (non-hydrogen) atoms. The third kappa shape index (κ3) is 4.71. The monoisotopic (exact) mass is 285 g/mol. The fourth-order valence-corrected chi connectivity index (χ4v) is 2.89. The summed E-state index contributed by atoms with van der Waals surface area (Å²) in [6.07, 6.45) is 2.18. The number of nitrogens with zero attached hydrogens (tertiary/aromatic N) is 2. The number of hydrogen-bond acceptors (Lipinski definition) is 2. The Kier molecular flexibility index (Phi) is 5.57. The van der Waals surface area contributed by atoms with Crippen LogP contribution in [0.4, 0.5) is 0 Å². The van der Waals surface area contributed by atoms with Crippen molar-refractivity contribution < 1.29 is 0 Å². The average molecular weight is 285 g/mol. The van der Waals surface area contributed by atoms with Gasteiger partial charge in [-0.1, -0.05) is 36.8 Å². The molecule has 0 bridgehead atoms. The Morgan fingerprint density at radius 2 is 2.00 bits per heavy atom. The van der Waals surface area contributed by atoms with E-state index in [0.29, 0.717) is 5.92 Å². The van der Waals surface area contributed by atoms with Crippen LogP contribution >= 0.6 is 0 Å². The number of hydrogen-bond donors (Lipinski definition) is 1. The van der Waals surface area contributed by atoms with Crippen molar-refractivity contribution in [3.63, 3.8) is 0 Å². The van der Waals surface area contributed by atoms with E-state index in [2.05, 4.69) is 61.5 Å². The molecule has 1 N–H and O–H groups in total. The van der Waals surface area contributed by atoms with E-state index < -0.39 is 0 Å². The lowest BCUT2D eigenvalue weighted by Crippen LogP contribution is -2.26. The zero-order valence-electron chi connectivity index (χ0n) is 13.7. The Balaban J connectivity index is 2.08. The van der Waals surface area contributed by atoms with Gasteiger partial charge in [0.2, 0.25) is 0 Å². The first-order valence-electron chi connectivity index (χ1n) is 7.84. The summed E-state index contributed by atoms with van der Waals surface area (Å²) in [6, 6.07) is 11.1. The fraction of sp³-hybridized carbons (Fsp3) is 0.500. The maximum absolute atomic E-state index is 4.46. The molecule has 0 fully saturated rings. The van der Waals surface area contributed by atoms with E-state index in [1.807, 2.05) is 11.7 Å². The summed E-state index contributed by atoms with van der Waals surface area (Å²) < 4.78 is 2.02. The van der Waals surface area contributed by atoms with Crippen LogP contribution in [0.15, 0.2) is 30.3 Å². The Hall–Kier alpha value is -1.61. The average Bonchev–Trinajstić information content (AvgIpc) is 2.74. The molecular weight excluding hydrogens is 258 g/mol. The zero-order chi connectivity index (χ0) is 15.2. The molecule has 2 rings (SSSR count). The second-order valence-electron chi connectivity index (χ2n) is 5.97. The van der Waals surface area contributed by atoms with Crippen LogP contribution in [0.1, 0.15) is 29.4 Å². The van der Waals surface area contributed by atoms with Gasteiger partial charge in [-0.15, -0.1) is 0 Å². The van der Waals surface area contributed by atoms with Crippen molar-refractivity contribution in [3.8, 4) is 0 Å². The molecule has 0 radical (unpaired) electrons. The Morgan fingerprint density at radius 3 is 2.62 bits per heavy atom. The number of aryl methyl sites for hydroxylation is 3. The van der Waals surface area contributed by atoms with Crippen LogP contribution in [-0.2, 0) is 19.9 Å². The van der Waals surface area contributed by atoms with Crippen molar-refractivity contribution in [2.75, 3.05) is 13.1 Å². The predicted molar refractivity (Wildman–Crippen MR) is 88.6 cm³/mol. The van der Waals surface area contributed by atoms with Gasteiger partial charge in [0.05, 0.1) is 5.69 Å². The van der Waals surface area contributed by atoms with Crippen molar-refractivity contribution in [1.82, 2.24) is 15.1 Å². The van der Waals surface area contributed by atoms with Gasteiger partial charge >= 0.3 is 0 Å². The first-order valence-corrected chi connectivity index (χ1v) is 7.84. The second kappa shape index (κ2) is 7.41. The molecule has 114 valence electrons. The van der Waals surface area contributed by atoms with Crippen LogP contribution in [0.5, 0.6) is 0 Å². The first-order chi connectivity index (χ1) is 10.1. The van der Waals surface area contributed by atoms with Crippen LogP contribution in [0, 0.1) is 19.8 Å². The van der Waals surface area contributed by atoms with E-state index in [9.17, 15) is 0 Å². The SMILES string of the molecule is CCNCC(Cc1cccc(C)c1)Cc1cc(C)nn1C. The normalized spacial score (nSPS) is 12.6. The third-order valence-electron chi connectivity index (χ3n) is 3.89. The lowest BCUT2D eigenvalue weighted by atomic mass is 9.93. The van der Waals surface area contributed by atoms with Gasteiger partial charge in [0, 0.05) is 12.7 Å². The molecule has 1 atom stereocenters. The van der Waals surface area contributed by atoms with Crippen LogP contribution in [0.25, 0.3) is 0 Å². The largest absolute Gasteiger partial charge is 0.317 e. The van der Waals surface area contributed by atoms with Crippen LogP contribution < -0.4 is 5.32 Å². The topological polar surface area (TPSA) is 29.9 Å². The van der Waals surface area contributed by atoms with Gasteiger partial charge in [-0.25, -0.2) is 0 Å². The third-order valence-corrected chi connectivity index (χ3v) is 3.89. The smallest absolute Gasteiger partial charge is 0.0596 e. The van der Waals surface area contributed by atoms with Crippen molar-refractivity contribution in [2.45, 2.75) is 33.6 Å². The van der Waals surface area contributed by atoms with E-state index >= 15 is 0 Å². The molecule has 0 aliphatic carbocycles. The minimum atomic E-state index is 0.599. The summed E-state index contributed by atoms with van der Waals surface area (Å²) in [7, 11) is 2.04. The molecule has 1 aromatic heterocycles. The van der Waals surface area contributed by atoms with Crippen molar-refractivity contribution in [1.29, 1.82) is 0 Å². The summed E-state index contributed by atoms with van der Waals surface area (Å²) >= 11 is 0. The van der Waals surface area contributed by atoms with E-state index in [4.69, 9.17) is 0 Å². The van der Waals surface area contributed by atoms with Crippen LogP contribution in [-0.4, -0.2) is 22.9 Å². The van der Waals surface area contributed by atoms with Gasteiger partial charge in [-0.05, 0) is 57.3 Å². The molecule has 0 amide bonds. The minimum absolute atomic E-state index is 0.599. The summed E-state index contributed by atoms with van der Waals surface area (Å²) in [5.74, 6) is 0.599. The van der Waals surface area contributed by atoms with Gasteiger partial charge in [-0.3, -0.25) is 4.68 Å². The van der Waals surface area contributed by atoms with E-state index in [1.54, 1.807) is 0 Å². The van der Waals surface area contributed by atoms with E-state index in [1.165, 1.54) is 16.8 Å². The summed E-state index contributed by atoms with van der Waals surface area (Å²) in [5, 5.41) is 7.96. The molecule has 0 saturated carbocycles. The second-order valence-corrected chi connectivity index (χ2v) is 5.97. The standard InChI is InChI=1S/C18H27N3/c1-5-19-13-17(11-16-8-6-7-14(2)9-16)12-18-10-15(3)20-21(18)4/h6-10,17,19H,5,11-13H2,1-4H3. The van der Waals surface area contributed by atoms with Crippen molar-refractivity contribution in [3.05, 3.63) is 52.8 Å². The number of benzene rings is 1. The first kappa shape index (κ1) is 15.8. The summed E-state index contributed by atoms with van der Waals surface area (Å²) in [5.41, 5.74) is 5.19. The molecule has 1 unspecified atom stereocenters. The molecule has 0 spiro atoms. The minimum Gasteiger partial charge on any atom is -0.317 e. The van der Waals surface area contributed by atoms with Gasteiger partial charge in [0.15, 0.2) is 0 Å². The van der Waals surface area contributed by atoms with Crippen LogP contribution in [0.2, 0.25) is 0 Å². The summed E-state index contributed by atoms with van der Waals surface area (Å²) in [6.45, 7) is 8.46. The molecular formula is C18H27N3. The highest BCUT2D eigenvalue weighted by Gasteiger charge is 2.13. The Labute approximate surface area is 128 Å². The molecule has 1 aromatic carbocycles. The van der Waals surface area contributed by atoms with Gasteiger partial charge in [-0.2, -0.15) is 5.10 Å². The fourth-order valence-electron chi connectivity index (χ4n) is 2.89. The zero-order valence-corrected chi connectivity index (χ0v) is 13.7. The maximum Gasteiger partial charge on any atom is 0.0596 e. The number of aromatic nitrogens is 2. The highest BCUT2D eigenvalue weighted by molar-refractivity contribution is 5.23. The molecule has 0 aliphatic heterocycles. The van der Waals surface area contributed by atoms with Gasteiger partial charge in [0.1, 0.15) is 0 Å². The highest BCUT2D eigenvalue weighted by Crippen LogP contribution is 2.16. The van der Waals surface area contributed by atoms with Crippen molar-refractivity contribution >= 4 is 0 Å². The van der Waals surface area contributed by atoms with E-state index in [0.717, 1.165) is 31.6 Å². The van der Waals surface area contributed by atoms with E-state index in [-0.39, 0.29) is 0 Å². The van der Waals surface area contributed by atoms with Gasteiger partial charge < -0.3 is 5.32 Å². The Morgan fingerprint density at radius 1 is 1.19 bits per heavy atom. The molecule has 0 saturated heterocycles. The number of rotatable bonds is 7. The molecule has 3 heteroatoms. The van der Waals surface area contributed by atoms with Crippen LogP contribution in [0.3, 0.4) is 0 Å². The predicted octanol–water partition coefficient (Wildman–Crippen LogP) is 3.05. The Bertz CT molecular complexity index is 572. The number of nitrogens with one attached hydrogen (secondary N) is 1. The lowest BCUT2D eigenvalue weighted by molar-refractivity contribution is 0.464. The van der Waals surface area contributed by atoms with Gasteiger partial charge in [0.25, 0.3) is 0 Å². The maximum atomic E-state index is 4.46. The molecule has 2 aromatic rings. The highest BCUT2D eigenvalue weighted by atomic mass is 15.3. The van der Waals surface area contributed by atoms with Crippen molar-refractivity contribution in [2.24, 2.45) is 13.0 Å². The molecule has 1 heterocycles. The quantitative estimate of drug-likeness (QED) is 0.847. The summed E-state index contributed by atoms with van der Waals surface area (Å²) in [4.78, 5) is 0. The lowest BCUT2D eigenvalue weighted by Gasteiger charge is -2.18. The molecule has 0 aliphatic rings. The molecule has 3 nitrogen and oxygen atoms in total.